The molecule has 1 heterocycles. The molecule has 7 nitrogen and oxygen atoms in total. The number of aromatic hydroxyl groups is 1. The first-order chi connectivity index (χ1) is 18.4. The summed E-state index contributed by atoms with van der Waals surface area (Å²) in [6.45, 7) is 2.40. The summed E-state index contributed by atoms with van der Waals surface area (Å²) in [5.41, 5.74) is 4.67. The maximum Gasteiger partial charge on any atom is 0.342 e. The number of benzene rings is 3. The molecule has 0 unspecified atom stereocenters. The highest BCUT2D eigenvalue weighted by molar-refractivity contribution is 6.34. The number of hydrogen-bond acceptors (Lipinski definition) is 4. The molecule has 194 valence electrons. The Morgan fingerprint density at radius 2 is 1.82 bits per heavy atom. The van der Waals surface area contributed by atoms with Crippen molar-refractivity contribution in [2.45, 2.75) is 45.1 Å². The quantitative estimate of drug-likeness (QED) is 0.237. The standard InChI is InChI=1S/C30H29ClN4O3/c1-19-7-6-8-20(15-19)18-32-30(38)35-27(21-9-2-3-10-21)17-26(34-35)24-16-22(13-14-28(24)36)33-29(37)23-11-4-5-12-25(23)31/h4-8,11-17,21,36H,2-3,9-10,18H2,1H3,(H,32,38)(H,33,37). The van der Waals surface area contributed by atoms with Crippen molar-refractivity contribution < 1.29 is 14.7 Å². The van der Waals surface area contributed by atoms with Crippen LogP contribution in [-0.4, -0.2) is 26.8 Å². The van der Waals surface area contributed by atoms with Crippen LogP contribution >= 0.6 is 11.6 Å². The molecule has 1 aromatic heterocycles. The number of phenolic OH excluding ortho intramolecular Hbond substituents is 1. The lowest BCUT2D eigenvalue weighted by Gasteiger charge is -2.12. The molecule has 0 spiro atoms. The van der Waals surface area contributed by atoms with Gasteiger partial charge in [-0.25, -0.2) is 4.79 Å². The van der Waals surface area contributed by atoms with Crippen LogP contribution in [0.1, 0.15) is 58.8 Å². The normalized spacial score (nSPS) is 13.4. The Morgan fingerprint density at radius 1 is 1.03 bits per heavy atom. The van der Waals surface area contributed by atoms with E-state index in [0.717, 1.165) is 42.5 Å². The lowest BCUT2D eigenvalue weighted by Crippen LogP contribution is -2.30. The van der Waals surface area contributed by atoms with Crippen molar-refractivity contribution in [1.29, 1.82) is 0 Å². The first-order valence-corrected chi connectivity index (χ1v) is 13.1. The zero-order valence-corrected chi connectivity index (χ0v) is 21.8. The van der Waals surface area contributed by atoms with Crippen molar-refractivity contribution in [3.8, 4) is 17.0 Å². The van der Waals surface area contributed by atoms with Gasteiger partial charge in [-0.15, -0.1) is 0 Å². The molecule has 2 amide bonds. The number of carbonyl (C=O) groups is 2. The largest absolute Gasteiger partial charge is 0.507 e. The smallest absolute Gasteiger partial charge is 0.342 e. The molecule has 1 aliphatic rings. The second-order valence-electron chi connectivity index (χ2n) is 9.66. The maximum absolute atomic E-state index is 13.3. The lowest BCUT2D eigenvalue weighted by molar-refractivity contribution is 0.102. The van der Waals surface area contributed by atoms with Crippen LogP contribution in [0.15, 0.2) is 72.8 Å². The first kappa shape index (κ1) is 25.5. The van der Waals surface area contributed by atoms with Crippen molar-refractivity contribution in [2.75, 3.05) is 5.32 Å². The topological polar surface area (TPSA) is 96.3 Å². The predicted molar refractivity (Wildman–Crippen MR) is 149 cm³/mol. The molecule has 0 saturated heterocycles. The first-order valence-electron chi connectivity index (χ1n) is 12.7. The van der Waals surface area contributed by atoms with Gasteiger partial charge < -0.3 is 15.7 Å². The van der Waals surface area contributed by atoms with E-state index in [-0.39, 0.29) is 23.6 Å². The van der Waals surface area contributed by atoms with E-state index in [1.54, 1.807) is 36.4 Å². The van der Waals surface area contributed by atoms with Crippen molar-refractivity contribution in [2.24, 2.45) is 0 Å². The van der Waals surface area contributed by atoms with Gasteiger partial charge in [0.15, 0.2) is 0 Å². The Morgan fingerprint density at radius 3 is 2.58 bits per heavy atom. The summed E-state index contributed by atoms with van der Waals surface area (Å²) in [6.07, 6.45) is 4.17. The molecular formula is C30H29ClN4O3. The molecule has 3 aromatic carbocycles. The minimum Gasteiger partial charge on any atom is -0.507 e. The monoisotopic (exact) mass is 528 g/mol. The van der Waals surface area contributed by atoms with Crippen LogP contribution in [0.5, 0.6) is 5.75 Å². The molecule has 0 radical (unpaired) electrons. The number of amides is 2. The summed E-state index contributed by atoms with van der Waals surface area (Å²) in [6, 6.07) is 21.1. The zero-order chi connectivity index (χ0) is 26.6. The summed E-state index contributed by atoms with van der Waals surface area (Å²) in [5.74, 6) is -0.144. The molecule has 4 aromatic rings. The number of nitrogens with zero attached hydrogens (tertiary/aromatic N) is 2. The fourth-order valence-electron chi connectivity index (χ4n) is 4.94. The van der Waals surface area contributed by atoms with E-state index in [9.17, 15) is 14.7 Å². The number of aryl methyl sites for hydroxylation is 1. The molecule has 8 heteroatoms. The van der Waals surface area contributed by atoms with Gasteiger partial charge in [0.2, 0.25) is 0 Å². The van der Waals surface area contributed by atoms with Crippen molar-refractivity contribution in [3.63, 3.8) is 0 Å². The van der Waals surface area contributed by atoms with Gasteiger partial charge in [-0.05, 0) is 61.7 Å². The number of nitrogens with one attached hydrogen (secondary N) is 2. The Balaban J connectivity index is 1.43. The number of aromatic nitrogens is 2. The number of anilines is 1. The highest BCUT2D eigenvalue weighted by Crippen LogP contribution is 2.38. The van der Waals surface area contributed by atoms with E-state index < -0.39 is 0 Å². The van der Waals surface area contributed by atoms with Crippen molar-refractivity contribution in [3.05, 3.63) is 100 Å². The summed E-state index contributed by atoms with van der Waals surface area (Å²) >= 11 is 6.17. The zero-order valence-electron chi connectivity index (χ0n) is 21.1. The molecule has 0 aliphatic heterocycles. The highest BCUT2D eigenvalue weighted by Gasteiger charge is 2.26. The number of carbonyl (C=O) groups excluding carboxylic acids is 2. The third-order valence-electron chi connectivity index (χ3n) is 6.88. The van der Waals surface area contributed by atoms with Crippen LogP contribution in [0.3, 0.4) is 0 Å². The molecule has 1 fully saturated rings. The lowest BCUT2D eigenvalue weighted by atomic mass is 10.0. The number of rotatable bonds is 6. The van der Waals surface area contributed by atoms with Crippen LogP contribution in [0, 0.1) is 6.92 Å². The van der Waals surface area contributed by atoms with Gasteiger partial charge in [0.05, 0.1) is 22.0 Å². The summed E-state index contributed by atoms with van der Waals surface area (Å²) in [7, 11) is 0. The minimum atomic E-state index is -0.361. The minimum absolute atomic E-state index is 0.00327. The third kappa shape index (κ3) is 5.58. The van der Waals surface area contributed by atoms with Gasteiger partial charge in [-0.3, -0.25) is 4.79 Å². The molecule has 38 heavy (non-hydrogen) atoms. The van der Waals surface area contributed by atoms with E-state index in [1.807, 2.05) is 37.3 Å². The maximum atomic E-state index is 13.3. The molecule has 0 bridgehead atoms. The second kappa shape index (κ2) is 11.1. The average Bonchev–Trinajstić information content (AvgIpc) is 3.59. The van der Waals surface area contributed by atoms with Crippen LogP contribution in [0.4, 0.5) is 10.5 Å². The van der Waals surface area contributed by atoms with Gasteiger partial charge in [0.25, 0.3) is 5.91 Å². The second-order valence-corrected chi connectivity index (χ2v) is 10.1. The van der Waals surface area contributed by atoms with E-state index in [2.05, 4.69) is 15.7 Å². The summed E-state index contributed by atoms with van der Waals surface area (Å²) in [5, 5.41) is 21.5. The van der Waals surface area contributed by atoms with Crippen molar-refractivity contribution in [1.82, 2.24) is 15.1 Å². The fraction of sp³-hybridized carbons (Fsp3) is 0.233. The van der Waals surface area contributed by atoms with Crippen LogP contribution in [0.25, 0.3) is 11.3 Å². The van der Waals surface area contributed by atoms with Gasteiger partial charge >= 0.3 is 6.03 Å². The van der Waals surface area contributed by atoms with Gasteiger partial charge in [-0.1, -0.05) is 66.4 Å². The van der Waals surface area contributed by atoms with E-state index in [4.69, 9.17) is 11.6 Å². The van der Waals surface area contributed by atoms with Crippen LogP contribution < -0.4 is 10.6 Å². The third-order valence-corrected chi connectivity index (χ3v) is 7.21. The Labute approximate surface area is 226 Å². The van der Waals surface area contributed by atoms with Gasteiger partial charge in [0, 0.05) is 23.7 Å². The van der Waals surface area contributed by atoms with Crippen LogP contribution in [0.2, 0.25) is 5.02 Å². The number of hydrogen-bond donors (Lipinski definition) is 3. The van der Waals surface area contributed by atoms with Gasteiger partial charge in [0.1, 0.15) is 5.75 Å². The molecule has 0 atom stereocenters. The van der Waals surface area contributed by atoms with E-state index in [0.29, 0.717) is 34.1 Å². The van der Waals surface area contributed by atoms with E-state index in [1.165, 1.54) is 10.7 Å². The molecule has 1 aliphatic carbocycles. The Bertz CT molecular complexity index is 1490. The van der Waals surface area contributed by atoms with Crippen LogP contribution in [-0.2, 0) is 6.54 Å². The predicted octanol–water partition coefficient (Wildman–Crippen LogP) is 6.89. The highest BCUT2D eigenvalue weighted by atomic mass is 35.5. The summed E-state index contributed by atoms with van der Waals surface area (Å²) in [4.78, 5) is 26.0. The molecular weight excluding hydrogens is 500 g/mol. The van der Waals surface area contributed by atoms with E-state index >= 15 is 0 Å². The summed E-state index contributed by atoms with van der Waals surface area (Å²) < 4.78 is 1.43. The number of phenols is 1. The molecule has 5 rings (SSSR count). The molecule has 1 saturated carbocycles. The Hall–Kier alpha value is -4.10. The van der Waals surface area contributed by atoms with Crippen molar-refractivity contribution >= 4 is 29.2 Å². The molecule has 3 N–H and O–H groups in total. The number of halogens is 1. The fourth-order valence-corrected chi connectivity index (χ4v) is 5.16. The average molecular weight is 529 g/mol. The Kier molecular flexibility index (Phi) is 7.47. The SMILES string of the molecule is Cc1cccc(CNC(=O)n2nc(-c3cc(NC(=O)c4ccccc4Cl)ccc3O)cc2C2CCCC2)c1. The van der Waals surface area contributed by atoms with Gasteiger partial charge in [-0.2, -0.15) is 9.78 Å².